The lowest BCUT2D eigenvalue weighted by Crippen LogP contribution is -2.06. The van der Waals surface area contributed by atoms with E-state index in [1.807, 2.05) is 0 Å². The van der Waals surface area contributed by atoms with Crippen molar-refractivity contribution >= 4 is 21.2 Å². The Hall–Kier alpha value is -0.490. The minimum atomic E-state index is -4.10. The number of carbonyl (C=O) groups is 1. The van der Waals surface area contributed by atoms with Gasteiger partial charge in [0.05, 0.1) is 26.4 Å². The number of carboxylic acids is 1. The normalized spacial score (nSPS) is 12.2. The number of carboxylic acid groups (broad SMARTS) is 1. The summed E-state index contributed by atoms with van der Waals surface area (Å²) >= 11 is 0. The van der Waals surface area contributed by atoms with Crippen LogP contribution in [0, 0.1) is 0 Å². The van der Waals surface area contributed by atoms with Crippen molar-refractivity contribution in [2.24, 2.45) is 0 Å². The number of hydrogen-bond donors (Lipinski definition) is 1. The molecule has 0 amide bonds. The van der Waals surface area contributed by atoms with Crippen molar-refractivity contribution in [1.29, 1.82) is 0 Å². The molecule has 0 aliphatic carbocycles. The highest BCUT2D eigenvalue weighted by atomic mass is 31.2. The predicted molar refractivity (Wildman–Crippen MR) is 77.4 cm³/mol. The zero-order valence-electron chi connectivity index (χ0n) is 12.6. The molecular weight excluding hydrogens is 322 g/mol. The monoisotopic (exact) mass is 344 g/mol. The summed E-state index contributed by atoms with van der Waals surface area (Å²) in [6.07, 6.45) is 0.512. The van der Waals surface area contributed by atoms with Gasteiger partial charge in [0.25, 0.3) is 0 Å². The van der Waals surface area contributed by atoms with E-state index in [1.54, 1.807) is 27.7 Å². The Morgan fingerprint density at radius 1 is 0.857 bits per heavy atom. The fourth-order valence-corrected chi connectivity index (χ4v) is 5.91. The first-order valence-corrected chi connectivity index (χ1v) is 9.62. The third-order valence-electron chi connectivity index (χ3n) is 2.01. The van der Waals surface area contributed by atoms with Gasteiger partial charge < -0.3 is 23.2 Å². The second kappa shape index (κ2) is 9.51. The quantitative estimate of drug-likeness (QED) is 0.448. The highest BCUT2D eigenvalue weighted by Crippen LogP contribution is 2.73. The fourth-order valence-electron chi connectivity index (χ4n) is 1.44. The Balaban J connectivity index is 6.01. The Morgan fingerprint density at radius 3 is 1.33 bits per heavy atom. The molecule has 0 rings (SSSR count). The molecule has 21 heavy (non-hydrogen) atoms. The van der Waals surface area contributed by atoms with Crippen LogP contribution < -0.4 is 0 Å². The highest BCUT2D eigenvalue weighted by Gasteiger charge is 2.45. The average Bonchev–Trinajstić information content (AvgIpc) is 2.36. The van der Waals surface area contributed by atoms with Crippen LogP contribution >= 0.6 is 15.2 Å². The van der Waals surface area contributed by atoms with Crippen molar-refractivity contribution in [3.05, 3.63) is 11.1 Å². The van der Waals surface area contributed by atoms with Crippen molar-refractivity contribution in [1.82, 2.24) is 0 Å². The van der Waals surface area contributed by atoms with Gasteiger partial charge in [0.15, 0.2) is 5.06 Å². The lowest BCUT2D eigenvalue weighted by molar-refractivity contribution is -0.131. The van der Waals surface area contributed by atoms with Crippen molar-refractivity contribution < 1.29 is 37.1 Å². The molecule has 8 nitrogen and oxygen atoms in total. The topological polar surface area (TPSA) is 108 Å². The van der Waals surface area contributed by atoms with Gasteiger partial charge in [0, 0.05) is 6.08 Å². The fraction of sp³-hybridized carbons (Fsp3) is 0.727. The summed E-state index contributed by atoms with van der Waals surface area (Å²) in [6.45, 7) is 6.12. The van der Waals surface area contributed by atoms with Crippen LogP contribution in [-0.2, 0) is 32.0 Å². The van der Waals surface area contributed by atoms with Gasteiger partial charge in [-0.15, -0.1) is 0 Å². The van der Waals surface area contributed by atoms with Crippen LogP contribution in [0.2, 0.25) is 0 Å². The summed E-state index contributed by atoms with van der Waals surface area (Å²) < 4.78 is 45.6. The standard InChI is InChI=1S/C11H22O8P2/c1-5-16-20(14,17-6-2)11(9-10(12)13)21(15,18-7-3)19-8-4/h9H,5-8H2,1-4H3,(H,12,13). The summed E-state index contributed by atoms with van der Waals surface area (Å²) in [7, 11) is -8.19. The average molecular weight is 344 g/mol. The van der Waals surface area contributed by atoms with E-state index in [-0.39, 0.29) is 26.4 Å². The van der Waals surface area contributed by atoms with Crippen molar-refractivity contribution in [3.8, 4) is 0 Å². The minimum Gasteiger partial charge on any atom is -0.478 e. The first-order valence-electron chi connectivity index (χ1n) is 6.53. The molecule has 0 heterocycles. The molecule has 0 saturated heterocycles. The van der Waals surface area contributed by atoms with Crippen LogP contribution in [0.25, 0.3) is 0 Å². The van der Waals surface area contributed by atoms with Crippen LogP contribution in [0.4, 0.5) is 0 Å². The Morgan fingerprint density at radius 2 is 1.14 bits per heavy atom. The van der Waals surface area contributed by atoms with Crippen molar-refractivity contribution in [2.45, 2.75) is 27.7 Å². The maximum absolute atomic E-state index is 12.7. The number of hydrogen-bond acceptors (Lipinski definition) is 7. The van der Waals surface area contributed by atoms with Gasteiger partial charge in [-0.05, 0) is 27.7 Å². The summed E-state index contributed by atoms with van der Waals surface area (Å²) in [5, 5.41) is 8.34. The van der Waals surface area contributed by atoms with E-state index in [9.17, 15) is 13.9 Å². The molecule has 0 unspecified atom stereocenters. The van der Waals surface area contributed by atoms with Crippen LogP contribution in [0.3, 0.4) is 0 Å². The molecule has 0 spiro atoms. The van der Waals surface area contributed by atoms with Gasteiger partial charge in [-0.25, -0.2) is 4.79 Å². The molecule has 0 aromatic rings. The molecule has 10 heteroatoms. The smallest absolute Gasteiger partial charge is 0.369 e. The lowest BCUT2D eigenvalue weighted by Gasteiger charge is -2.25. The van der Waals surface area contributed by atoms with E-state index in [4.69, 9.17) is 23.2 Å². The lowest BCUT2D eigenvalue weighted by atomic mass is 10.7. The van der Waals surface area contributed by atoms with Gasteiger partial charge in [-0.1, -0.05) is 0 Å². The molecule has 0 aliphatic heterocycles. The minimum absolute atomic E-state index is 0.0213. The molecule has 0 radical (unpaired) electrons. The summed E-state index contributed by atoms with van der Waals surface area (Å²) in [5.74, 6) is -1.45. The van der Waals surface area contributed by atoms with E-state index in [0.717, 1.165) is 0 Å². The first-order chi connectivity index (χ1) is 9.79. The van der Waals surface area contributed by atoms with E-state index >= 15 is 0 Å². The Labute approximate surface area is 124 Å². The van der Waals surface area contributed by atoms with E-state index in [0.29, 0.717) is 6.08 Å². The molecule has 1 N–H and O–H groups in total. The summed E-state index contributed by atoms with van der Waals surface area (Å²) in [4.78, 5) is 11.0. The molecule has 124 valence electrons. The maximum atomic E-state index is 12.7. The van der Waals surface area contributed by atoms with Crippen LogP contribution in [0.15, 0.2) is 11.1 Å². The summed E-state index contributed by atoms with van der Waals surface area (Å²) in [6, 6.07) is 0. The Kier molecular flexibility index (Phi) is 9.29. The van der Waals surface area contributed by atoms with Crippen LogP contribution in [0.5, 0.6) is 0 Å². The van der Waals surface area contributed by atoms with Gasteiger partial charge in [-0.3, -0.25) is 9.13 Å². The molecular formula is C11H22O8P2. The number of aliphatic carboxylic acids is 1. The second-order valence-corrected chi connectivity index (χ2v) is 7.85. The molecule has 0 fully saturated rings. The molecule has 0 aromatic heterocycles. The molecule has 0 atom stereocenters. The van der Waals surface area contributed by atoms with Gasteiger partial charge in [0.2, 0.25) is 0 Å². The zero-order chi connectivity index (χ0) is 16.5. The predicted octanol–water partition coefficient (Wildman–Crippen LogP) is 3.44. The molecule has 0 saturated carbocycles. The highest BCUT2D eigenvalue weighted by molar-refractivity contribution is 7.78. The largest absolute Gasteiger partial charge is 0.478 e. The second-order valence-electron chi connectivity index (χ2n) is 3.51. The van der Waals surface area contributed by atoms with Crippen molar-refractivity contribution in [3.63, 3.8) is 0 Å². The third-order valence-corrected chi connectivity index (χ3v) is 7.25. The van der Waals surface area contributed by atoms with E-state index in [2.05, 4.69) is 0 Å². The van der Waals surface area contributed by atoms with E-state index in [1.165, 1.54) is 0 Å². The third kappa shape index (κ3) is 6.02. The zero-order valence-corrected chi connectivity index (χ0v) is 14.4. The van der Waals surface area contributed by atoms with Gasteiger partial charge in [0.1, 0.15) is 0 Å². The van der Waals surface area contributed by atoms with Crippen molar-refractivity contribution in [2.75, 3.05) is 26.4 Å². The first kappa shape index (κ1) is 20.5. The molecule has 0 aromatic carbocycles. The van der Waals surface area contributed by atoms with E-state index < -0.39 is 26.2 Å². The summed E-state index contributed by atoms with van der Waals surface area (Å²) in [5.41, 5.74) is 0. The van der Waals surface area contributed by atoms with Crippen LogP contribution in [-0.4, -0.2) is 37.5 Å². The number of rotatable bonds is 11. The van der Waals surface area contributed by atoms with Gasteiger partial charge in [-0.2, -0.15) is 0 Å². The SMILES string of the molecule is CCOP(=O)(OCC)C(=CC(=O)O)P(=O)(OCC)OCC. The maximum Gasteiger partial charge on any atom is 0.369 e. The van der Waals surface area contributed by atoms with Gasteiger partial charge >= 0.3 is 21.2 Å². The molecule has 0 aliphatic rings. The Bertz CT molecular complexity index is 407. The van der Waals surface area contributed by atoms with Crippen LogP contribution in [0.1, 0.15) is 27.7 Å². The molecule has 0 bridgehead atoms.